The molecule has 34 heavy (non-hydrogen) atoms. The number of halogens is 1. The lowest BCUT2D eigenvalue weighted by Crippen LogP contribution is -2.45. The molecule has 2 amide bonds. The Hall–Kier alpha value is -3.04. The van der Waals surface area contributed by atoms with Gasteiger partial charge in [0, 0.05) is 38.3 Å². The maximum Gasteiger partial charge on any atom is 0.265 e. The van der Waals surface area contributed by atoms with Crippen molar-refractivity contribution < 1.29 is 14.3 Å². The predicted molar refractivity (Wildman–Crippen MR) is 132 cm³/mol. The van der Waals surface area contributed by atoms with Gasteiger partial charge in [-0.2, -0.15) is 0 Å². The Morgan fingerprint density at radius 3 is 2.62 bits per heavy atom. The molecular formula is C24H31ClN6O3. The highest BCUT2D eigenvalue weighted by Crippen LogP contribution is 2.36. The molecule has 1 saturated heterocycles. The van der Waals surface area contributed by atoms with E-state index in [0.29, 0.717) is 47.4 Å². The number of fused-ring (bicyclic) bond motifs is 1. The Morgan fingerprint density at radius 1 is 1.21 bits per heavy atom. The minimum atomic E-state index is -0.453. The van der Waals surface area contributed by atoms with Gasteiger partial charge < -0.3 is 30.2 Å². The monoisotopic (exact) mass is 486 g/mol. The highest BCUT2D eigenvalue weighted by atomic mass is 35.5. The van der Waals surface area contributed by atoms with E-state index in [1.165, 1.54) is 0 Å². The summed E-state index contributed by atoms with van der Waals surface area (Å²) in [4.78, 5) is 31.9. The van der Waals surface area contributed by atoms with E-state index in [1.54, 1.807) is 24.1 Å². The van der Waals surface area contributed by atoms with Crippen molar-refractivity contribution in [1.29, 1.82) is 0 Å². The maximum atomic E-state index is 13.2. The third-order valence-electron chi connectivity index (χ3n) is 6.75. The second kappa shape index (κ2) is 9.31. The topological polar surface area (TPSA) is 121 Å². The lowest BCUT2D eigenvalue weighted by Gasteiger charge is -2.30. The second-order valence-electron chi connectivity index (χ2n) is 9.22. The summed E-state index contributed by atoms with van der Waals surface area (Å²) in [5.41, 5.74) is 15.0. The van der Waals surface area contributed by atoms with Crippen LogP contribution in [-0.4, -0.2) is 57.1 Å². The number of likely N-dealkylation sites (tertiary alicyclic amines) is 1. The molecule has 1 saturated carbocycles. The van der Waals surface area contributed by atoms with E-state index in [-0.39, 0.29) is 24.4 Å². The van der Waals surface area contributed by atoms with Crippen molar-refractivity contribution in [3.05, 3.63) is 35.5 Å². The summed E-state index contributed by atoms with van der Waals surface area (Å²) in [6.45, 7) is 1.99. The Bertz CT molecular complexity index is 1250. The number of piperidine rings is 1. The number of aryl methyl sites for hydroxylation is 1. The van der Waals surface area contributed by atoms with E-state index in [2.05, 4.69) is 0 Å². The first kappa shape index (κ1) is 24.1. The number of nitrogens with two attached hydrogens (primary N) is 2. The highest BCUT2D eigenvalue weighted by molar-refractivity contribution is 6.00. The average molecular weight is 487 g/mol. The number of carbonyl (C=O) groups excluding carboxylic acids is 2. The molecule has 3 aromatic rings. The van der Waals surface area contributed by atoms with Crippen LogP contribution in [0.2, 0.25) is 0 Å². The van der Waals surface area contributed by atoms with Gasteiger partial charge in [0.2, 0.25) is 0 Å². The zero-order valence-electron chi connectivity index (χ0n) is 19.5. The average Bonchev–Trinajstić information content (AvgIpc) is 3.43. The number of hydrogen-bond acceptors (Lipinski definition) is 5. The Labute approximate surface area is 204 Å². The van der Waals surface area contributed by atoms with E-state index in [1.807, 2.05) is 28.3 Å². The number of amides is 2. The van der Waals surface area contributed by atoms with E-state index in [4.69, 9.17) is 21.2 Å². The molecule has 4 N–H and O–H groups in total. The number of methoxy groups -OCH3 is 1. The summed E-state index contributed by atoms with van der Waals surface area (Å²) in [6, 6.07) is 7.23. The van der Waals surface area contributed by atoms with Crippen LogP contribution < -0.4 is 16.2 Å². The van der Waals surface area contributed by atoms with Gasteiger partial charge in [0.05, 0.1) is 18.3 Å². The van der Waals surface area contributed by atoms with Crippen LogP contribution in [0.25, 0.3) is 22.6 Å². The van der Waals surface area contributed by atoms with Crippen LogP contribution >= 0.6 is 12.4 Å². The lowest BCUT2D eigenvalue weighted by atomic mass is 10.0. The van der Waals surface area contributed by atoms with E-state index in [0.717, 1.165) is 43.4 Å². The van der Waals surface area contributed by atoms with Crippen LogP contribution in [0.3, 0.4) is 0 Å². The van der Waals surface area contributed by atoms with Gasteiger partial charge in [0.1, 0.15) is 17.0 Å². The van der Waals surface area contributed by atoms with Crippen LogP contribution in [0.1, 0.15) is 46.5 Å². The number of hydrogen-bond donors (Lipinski definition) is 2. The Balaban J connectivity index is 0.00000274. The summed E-state index contributed by atoms with van der Waals surface area (Å²) in [7, 11) is 3.50. The number of ether oxygens (including phenoxy) is 1. The fourth-order valence-electron chi connectivity index (χ4n) is 4.83. The summed E-state index contributed by atoms with van der Waals surface area (Å²) in [5.74, 6) is 1.31. The molecule has 0 unspecified atom stereocenters. The number of primary amides is 1. The second-order valence-corrected chi connectivity index (χ2v) is 9.22. The fourth-order valence-corrected chi connectivity index (χ4v) is 4.83. The minimum absolute atomic E-state index is 0. The van der Waals surface area contributed by atoms with Gasteiger partial charge in [-0.25, -0.2) is 4.98 Å². The zero-order chi connectivity index (χ0) is 23.3. The summed E-state index contributed by atoms with van der Waals surface area (Å²) in [5, 5.41) is 0. The number of aromatic nitrogens is 3. The van der Waals surface area contributed by atoms with E-state index >= 15 is 0 Å². The Kier molecular flexibility index (Phi) is 6.60. The van der Waals surface area contributed by atoms with Crippen molar-refractivity contribution in [3.8, 4) is 17.3 Å². The highest BCUT2D eigenvalue weighted by Gasteiger charge is 2.28. The van der Waals surface area contributed by atoms with Crippen molar-refractivity contribution in [2.45, 2.75) is 38.3 Å². The lowest BCUT2D eigenvalue weighted by molar-refractivity contribution is 0.0708. The molecule has 1 aliphatic carbocycles. The molecule has 0 radical (unpaired) electrons. The van der Waals surface area contributed by atoms with E-state index < -0.39 is 5.91 Å². The number of nitrogens with zero attached hydrogens (tertiary/aromatic N) is 4. The van der Waals surface area contributed by atoms with Crippen molar-refractivity contribution in [3.63, 3.8) is 0 Å². The third kappa shape index (κ3) is 4.25. The standard InChI is InChI=1S/C24H30N6O3.ClH/c1-28-21-17(10-15(11-20(21)33-2)24(32)29-9-3-4-16(25)13-29)27-23(28)19-8-7-18(22(26)31)30(19)12-14-5-6-14;/h7-8,10-11,14,16H,3-6,9,12-13,25H2,1-2H3,(H2,26,31);1H/t16-;/m1./s1. The van der Waals surface area contributed by atoms with Crippen LogP contribution in [0.5, 0.6) is 5.75 Å². The number of rotatable bonds is 6. The molecule has 10 heteroatoms. The molecule has 2 aliphatic rings. The smallest absolute Gasteiger partial charge is 0.265 e. The molecule has 2 fully saturated rings. The van der Waals surface area contributed by atoms with Gasteiger partial charge in [0.15, 0.2) is 5.82 Å². The van der Waals surface area contributed by atoms with Gasteiger partial charge in [-0.1, -0.05) is 0 Å². The molecule has 0 bridgehead atoms. The largest absolute Gasteiger partial charge is 0.494 e. The summed E-state index contributed by atoms with van der Waals surface area (Å²) >= 11 is 0. The molecule has 3 heterocycles. The molecule has 1 aromatic carbocycles. The third-order valence-corrected chi connectivity index (χ3v) is 6.75. The van der Waals surface area contributed by atoms with Crippen molar-refractivity contribution in [2.24, 2.45) is 24.4 Å². The SMILES string of the molecule is COc1cc(C(=O)N2CCC[C@@H](N)C2)cc2nc(-c3ccc(C(N)=O)n3CC3CC3)n(C)c12.Cl. The number of imidazole rings is 1. The van der Waals surface area contributed by atoms with Gasteiger partial charge in [-0.05, 0) is 55.9 Å². The minimum Gasteiger partial charge on any atom is -0.494 e. The predicted octanol–water partition coefficient (Wildman–Crippen LogP) is 2.54. The quantitative estimate of drug-likeness (QED) is 0.554. The van der Waals surface area contributed by atoms with Gasteiger partial charge in [-0.3, -0.25) is 9.59 Å². The number of benzene rings is 1. The first-order valence-electron chi connectivity index (χ1n) is 11.5. The maximum absolute atomic E-state index is 13.2. The normalized spacial score (nSPS) is 18.1. The van der Waals surface area contributed by atoms with Gasteiger partial charge >= 0.3 is 0 Å². The molecule has 5 rings (SSSR count). The zero-order valence-corrected chi connectivity index (χ0v) is 20.3. The van der Waals surface area contributed by atoms with Crippen LogP contribution in [0, 0.1) is 5.92 Å². The molecular weight excluding hydrogens is 456 g/mol. The van der Waals surface area contributed by atoms with Gasteiger partial charge in [-0.15, -0.1) is 12.4 Å². The van der Waals surface area contributed by atoms with E-state index in [9.17, 15) is 9.59 Å². The Morgan fingerprint density at radius 2 is 1.97 bits per heavy atom. The van der Waals surface area contributed by atoms with Crippen LogP contribution in [0.15, 0.2) is 24.3 Å². The van der Waals surface area contributed by atoms with Crippen molar-refractivity contribution >= 4 is 35.3 Å². The molecule has 0 spiro atoms. The first-order valence-corrected chi connectivity index (χ1v) is 11.5. The van der Waals surface area contributed by atoms with Crippen molar-refractivity contribution in [2.75, 3.05) is 20.2 Å². The van der Waals surface area contributed by atoms with Crippen molar-refractivity contribution in [1.82, 2.24) is 19.0 Å². The molecule has 2 aromatic heterocycles. The fraction of sp³-hybridized carbons (Fsp3) is 0.458. The van der Waals surface area contributed by atoms with Gasteiger partial charge in [0.25, 0.3) is 11.8 Å². The molecule has 9 nitrogen and oxygen atoms in total. The molecule has 1 aliphatic heterocycles. The summed E-state index contributed by atoms with van der Waals surface area (Å²) < 4.78 is 9.58. The van der Waals surface area contributed by atoms with Crippen LogP contribution in [0.4, 0.5) is 0 Å². The van der Waals surface area contributed by atoms with Crippen LogP contribution in [-0.2, 0) is 13.6 Å². The molecule has 182 valence electrons. The molecule has 1 atom stereocenters. The number of carbonyl (C=O) groups is 2. The summed E-state index contributed by atoms with van der Waals surface area (Å²) in [6.07, 6.45) is 4.14. The first-order chi connectivity index (χ1) is 15.9.